The molecule has 0 aromatic heterocycles. The van der Waals surface area contributed by atoms with Crippen molar-refractivity contribution < 1.29 is 18.3 Å². The third kappa shape index (κ3) is 4.78. The fourth-order valence-corrected chi connectivity index (χ4v) is 2.90. The van der Waals surface area contributed by atoms with Gasteiger partial charge in [0.15, 0.2) is 0 Å². The molecule has 0 spiro atoms. The van der Waals surface area contributed by atoms with Gasteiger partial charge in [-0.1, -0.05) is 35.9 Å². The number of nitrogens with one attached hydrogen (secondary N) is 1. The number of carboxylic acids is 1. The third-order valence-electron chi connectivity index (χ3n) is 2.50. The molecule has 1 N–H and O–H groups in total. The Hall–Kier alpha value is -0.414. The number of hydrogen-bond acceptors (Lipinski definition) is 4. The summed E-state index contributed by atoms with van der Waals surface area (Å²) in [6, 6.07) is 11.2. The number of hydrogen-bond donors (Lipinski definition) is 1. The Labute approximate surface area is 169 Å². The molecule has 105 valence electrons. The number of halogens is 1. The monoisotopic (exact) mass is 349 g/mol. The normalized spacial score (nSPS) is 10.5. The number of sulfonamides is 1. The average molecular weight is 350 g/mol. The van der Waals surface area contributed by atoms with E-state index in [9.17, 15) is 18.3 Å². The summed E-state index contributed by atoms with van der Waals surface area (Å²) in [7, 11) is -3.92. The van der Waals surface area contributed by atoms with Crippen molar-refractivity contribution in [3.63, 3.8) is 0 Å². The molecule has 21 heavy (non-hydrogen) atoms. The number of carbonyl (C=O) groups excluding carboxylic acids is 1. The largest absolute Gasteiger partial charge is 0.545 e. The van der Waals surface area contributed by atoms with Crippen molar-refractivity contribution in [3.8, 4) is 0 Å². The predicted molar refractivity (Wildman–Crippen MR) is 78.8 cm³/mol. The van der Waals surface area contributed by atoms with Crippen LogP contribution in [-0.2, 0) is 10.0 Å². The maximum absolute atomic E-state index is 12.1. The standard InChI is InChI=1S/C13H10ClNO4S.K/c14-11-6-1-2-7-12(11)15-20(18,19)10-5-3-4-9(8-10)13(16)17;/h1-8,15H,(H,16,17);/p-1. The Morgan fingerprint density at radius 2 is 1.76 bits per heavy atom. The van der Waals surface area contributed by atoms with Crippen molar-refractivity contribution >= 4 is 84.7 Å². The molecule has 0 aliphatic carbocycles. The van der Waals surface area contributed by atoms with Crippen LogP contribution in [0.15, 0.2) is 53.4 Å². The van der Waals surface area contributed by atoms with Crippen LogP contribution in [0.1, 0.15) is 10.4 Å². The minimum absolute atomic E-state index is 0. The molecule has 0 aliphatic heterocycles. The minimum Gasteiger partial charge on any atom is -0.545 e. The molecule has 0 saturated carbocycles. The summed E-state index contributed by atoms with van der Waals surface area (Å²) in [4.78, 5) is 10.6. The van der Waals surface area contributed by atoms with Gasteiger partial charge >= 0.3 is 0 Å². The topological polar surface area (TPSA) is 86.3 Å². The van der Waals surface area contributed by atoms with E-state index in [1.807, 2.05) is 0 Å². The Kier molecular flexibility index (Phi) is 6.86. The molecule has 0 fully saturated rings. The Morgan fingerprint density at radius 3 is 2.38 bits per heavy atom. The Bertz CT molecular complexity index is 764. The maximum atomic E-state index is 12.1. The number of carbonyl (C=O) groups is 1. The number of aromatic carboxylic acids is 1. The number of benzene rings is 2. The van der Waals surface area contributed by atoms with Gasteiger partial charge in [0.2, 0.25) is 0 Å². The minimum atomic E-state index is -3.92. The zero-order valence-corrected chi connectivity index (χ0v) is 15.7. The molecule has 0 saturated heterocycles. The first-order valence-corrected chi connectivity index (χ1v) is 7.35. The van der Waals surface area contributed by atoms with Crippen LogP contribution in [0.3, 0.4) is 0 Å². The van der Waals surface area contributed by atoms with Crippen LogP contribution in [0.2, 0.25) is 5.02 Å². The van der Waals surface area contributed by atoms with Gasteiger partial charge in [0, 0.05) is 51.4 Å². The van der Waals surface area contributed by atoms with Crippen molar-refractivity contribution in [1.82, 2.24) is 0 Å². The van der Waals surface area contributed by atoms with Crippen LogP contribution in [0, 0.1) is 0 Å². The molecule has 0 unspecified atom stereocenters. The second-order valence-corrected chi connectivity index (χ2v) is 5.99. The van der Waals surface area contributed by atoms with Crippen molar-refractivity contribution in [2.75, 3.05) is 4.72 Å². The smallest absolute Gasteiger partial charge is 0.261 e. The molecule has 2 aromatic rings. The van der Waals surface area contributed by atoms with Gasteiger partial charge in [-0.15, -0.1) is 0 Å². The second kappa shape index (κ2) is 7.73. The number of carboxylic acid groups (broad SMARTS) is 1. The Balaban J connectivity index is 0.00000220. The second-order valence-electron chi connectivity index (χ2n) is 3.90. The fraction of sp³-hybridized carbons (Fsp3) is 0. The molecule has 2 aromatic carbocycles. The van der Waals surface area contributed by atoms with Crippen LogP contribution < -0.4 is 9.83 Å². The maximum Gasteiger partial charge on any atom is 0.261 e. The first-order valence-electron chi connectivity index (χ1n) is 5.49. The first-order chi connectivity index (χ1) is 9.40. The summed E-state index contributed by atoms with van der Waals surface area (Å²) in [5.41, 5.74) is 0.0000494. The molecule has 0 atom stereocenters. The van der Waals surface area contributed by atoms with E-state index in [-0.39, 0.29) is 72.6 Å². The van der Waals surface area contributed by atoms with Gasteiger partial charge in [0.25, 0.3) is 10.0 Å². The number of anilines is 1. The molecular weight excluding hydrogens is 341 g/mol. The quantitative estimate of drug-likeness (QED) is 0.838. The molecule has 1 radical (unpaired) electrons. The van der Waals surface area contributed by atoms with Gasteiger partial charge in [0.1, 0.15) is 0 Å². The molecule has 0 heterocycles. The number of rotatable bonds is 4. The van der Waals surface area contributed by atoms with Gasteiger partial charge in [-0.05, 0) is 29.8 Å². The number of para-hydroxylation sites is 1. The van der Waals surface area contributed by atoms with E-state index in [2.05, 4.69) is 4.72 Å². The summed E-state index contributed by atoms with van der Waals surface area (Å²) >= 11 is 5.87. The fourth-order valence-electron chi connectivity index (χ4n) is 1.54. The summed E-state index contributed by atoms with van der Waals surface area (Å²) < 4.78 is 26.6. The average Bonchev–Trinajstić information content (AvgIpc) is 2.41. The van der Waals surface area contributed by atoms with E-state index in [1.54, 1.807) is 12.1 Å². The molecule has 0 amide bonds. The zero-order valence-electron chi connectivity index (χ0n) is 11.0. The van der Waals surface area contributed by atoms with Crippen molar-refractivity contribution in [3.05, 3.63) is 59.1 Å². The van der Waals surface area contributed by atoms with Crippen LogP contribution in [0.4, 0.5) is 5.69 Å². The summed E-state index contributed by atoms with van der Waals surface area (Å²) in [6.07, 6.45) is 0. The molecular formula is C13H9ClKNO4S-. The summed E-state index contributed by atoms with van der Waals surface area (Å²) in [5.74, 6) is -1.44. The third-order valence-corrected chi connectivity index (χ3v) is 4.19. The van der Waals surface area contributed by atoms with Crippen molar-refractivity contribution in [1.29, 1.82) is 0 Å². The van der Waals surface area contributed by atoms with Gasteiger partial charge in [-0.3, -0.25) is 4.72 Å². The van der Waals surface area contributed by atoms with E-state index < -0.39 is 16.0 Å². The molecule has 5 nitrogen and oxygen atoms in total. The van der Waals surface area contributed by atoms with Gasteiger partial charge in [-0.25, -0.2) is 8.42 Å². The first kappa shape index (κ1) is 18.6. The molecule has 0 bridgehead atoms. The van der Waals surface area contributed by atoms with E-state index >= 15 is 0 Å². The summed E-state index contributed by atoms with van der Waals surface area (Å²) in [6.45, 7) is 0. The van der Waals surface area contributed by atoms with E-state index in [1.165, 1.54) is 30.3 Å². The van der Waals surface area contributed by atoms with Gasteiger partial charge in [0.05, 0.1) is 21.6 Å². The molecule has 2 rings (SSSR count). The summed E-state index contributed by atoms with van der Waals surface area (Å²) in [5, 5.41) is 11.0. The SMILES string of the molecule is O=C([O-])c1cccc(S(=O)(=O)Nc2ccccc2Cl)c1.[K]. The van der Waals surface area contributed by atoms with Crippen LogP contribution in [0.5, 0.6) is 0 Å². The molecule has 0 aliphatic rings. The van der Waals surface area contributed by atoms with Crippen molar-refractivity contribution in [2.24, 2.45) is 0 Å². The van der Waals surface area contributed by atoms with E-state index in [0.29, 0.717) is 0 Å². The van der Waals surface area contributed by atoms with Gasteiger partial charge < -0.3 is 9.90 Å². The predicted octanol–water partition coefficient (Wildman–Crippen LogP) is 1.12. The van der Waals surface area contributed by atoms with Crippen LogP contribution in [-0.4, -0.2) is 65.8 Å². The van der Waals surface area contributed by atoms with Crippen LogP contribution >= 0.6 is 11.6 Å². The van der Waals surface area contributed by atoms with Crippen LogP contribution in [0.25, 0.3) is 0 Å². The molecule has 8 heteroatoms. The Morgan fingerprint density at radius 1 is 1.10 bits per heavy atom. The van der Waals surface area contributed by atoms with E-state index in [4.69, 9.17) is 11.6 Å². The van der Waals surface area contributed by atoms with Gasteiger partial charge in [-0.2, -0.15) is 0 Å². The van der Waals surface area contributed by atoms with E-state index in [0.717, 1.165) is 6.07 Å². The zero-order chi connectivity index (χ0) is 14.8. The van der Waals surface area contributed by atoms with Crippen molar-refractivity contribution in [2.45, 2.75) is 4.90 Å².